The standard InChI is InChI=1S/C27H24N4O2/c1-19(21-7-3-2-4-8-21)17-29-26(32)22-13-11-20(12-14-22)18-31-25-23(9-5-15-28-25)30-16-6-10-24(30)27(31)33/h2-16,19H,17-18H2,1H3,(H,29,32)/t19-/m0/s1. The van der Waals surface area contributed by atoms with Crippen LogP contribution in [0.5, 0.6) is 0 Å². The van der Waals surface area contributed by atoms with E-state index in [-0.39, 0.29) is 17.4 Å². The van der Waals surface area contributed by atoms with Gasteiger partial charge in [-0.05, 0) is 53.4 Å². The smallest absolute Gasteiger partial charge is 0.276 e. The highest BCUT2D eigenvalue weighted by molar-refractivity contribution is 5.94. The Labute approximate surface area is 191 Å². The minimum atomic E-state index is -0.108. The second-order valence-electron chi connectivity index (χ2n) is 8.22. The van der Waals surface area contributed by atoms with Gasteiger partial charge in [0.25, 0.3) is 11.5 Å². The number of fused-ring (bicyclic) bond motifs is 3. The summed E-state index contributed by atoms with van der Waals surface area (Å²) in [4.78, 5) is 30.2. The molecule has 0 spiro atoms. The van der Waals surface area contributed by atoms with E-state index in [0.717, 1.165) is 11.1 Å². The minimum Gasteiger partial charge on any atom is -0.351 e. The number of amides is 1. The third-order valence-electron chi connectivity index (χ3n) is 5.99. The number of pyridine rings is 1. The summed E-state index contributed by atoms with van der Waals surface area (Å²) in [7, 11) is 0. The topological polar surface area (TPSA) is 68.4 Å². The number of carbonyl (C=O) groups excluding carboxylic acids is 1. The maximum Gasteiger partial charge on any atom is 0.276 e. The molecule has 0 radical (unpaired) electrons. The van der Waals surface area contributed by atoms with Gasteiger partial charge in [-0.3, -0.25) is 14.2 Å². The summed E-state index contributed by atoms with van der Waals surface area (Å²) in [5.74, 6) is 0.120. The second kappa shape index (κ2) is 8.74. The number of benzene rings is 2. The molecule has 0 aliphatic carbocycles. The van der Waals surface area contributed by atoms with E-state index in [9.17, 15) is 9.59 Å². The zero-order valence-electron chi connectivity index (χ0n) is 18.3. The van der Waals surface area contributed by atoms with Crippen molar-refractivity contribution in [1.29, 1.82) is 0 Å². The van der Waals surface area contributed by atoms with Crippen LogP contribution in [0.15, 0.2) is 96.1 Å². The Morgan fingerprint density at radius 3 is 2.48 bits per heavy atom. The summed E-state index contributed by atoms with van der Waals surface area (Å²) in [6.45, 7) is 3.03. The molecular formula is C27H24N4O2. The van der Waals surface area contributed by atoms with Crippen LogP contribution < -0.4 is 10.9 Å². The van der Waals surface area contributed by atoms with Gasteiger partial charge in [0.1, 0.15) is 5.52 Å². The van der Waals surface area contributed by atoms with E-state index in [1.165, 1.54) is 5.56 Å². The van der Waals surface area contributed by atoms with Crippen molar-refractivity contribution in [2.24, 2.45) is 0 Å². The lowest BCUT2D eigenvalue weighted by Crippen LogP contribution is -2.27. The number of nitrogens with one attached hydrogen (secondary N) is 1. The van der Waals surface area contributed by atoms with Crippen molar-refractivity contribution in [2.45, 2.75) is 19.4 Å². The fourth-order valence-electron chi connectivity index (χ4n) is 4.12. The van der Waals surface area contributed by atoms with Gasteiger partial charge in [0.05, 0.1) is 12.1 Å². The molecule has 5 rings (SSSR count). The first kappa shape index (κ1) is 20.7. The summed E-state index contributed by atoms with van der Waals surface area (Å²) in [5, 5.41) is 3.01. The van der Waals surface area contributed by atoms with E-state index in [1.54, 1.807) is 22.9 Å². The van der Waals surface area contributed by atoms with Crippen LogP contribution in [0.1, 0.15) is 34.3 Å². The fourth-order valence-corrected chi connectivity index (χ4v) is 4.12. The van der Waals surface area contributed by atoms with Gasteiger partial charge in [0.15, 0.2) is 5.65 Å². The second-order valence-corrected chi connectivity index (χ2v) is 8.22. The molecule has 2 aromatic carbocycles. The van der Waals surface area contributed by atoms with Crippen LogP contribution in [-0.4, -0.2) is 26.4 Å². The zero-order chi connectivity index (χ0) is 22.8. The van der Waals surface area contributed by atoms with Crippen LogP contribution in [0.25, 0.3) is 16.7 Å². The molecule has 33 heavy (non-hydrogen) atoms. The molecule has 0 fully saturated rings. The quantitative estimate of drug-likeness (QED) is 0.433. The van der Waals surface area contributed by atoms with Gasteiger partial charge in [0.2, 0.25) is 0 Å². The Bertz CT molecular complexity index is 1480. The van der Waals surface area contributed by atoms with Gasteiger partial charge in [-0.15, -0.1) is 0 Å². The van der Waals surface area contributed by atoms with Gasteiger partial charge < -0.3 is 9.72 Å². The SMILES string of the molecule is C[C@@H](CNC(=O)c1ccc(Cn2c(=O)c3cccn3c3cccnc32)cc1)c1ccccc1. The van der Waals surface area contributed by atoms with Gasteiger partial charge in [-0.25, -0.2) is 4.98 Å². The van der Waals surface area contributed by atoms with Crippen molar-refractivity contribution in [1.82, 2.24) is 19.3 Å². The average Bonchev–Trinajstić information content (AvgIpc) is 3.36. The predicted octanol–water partition coefficient (Wildman–Crippen LogP) is 4.23. The summed E-state index contributed by atoms with van der Waals surface area (Å²) in [6, 6.07) is 25.0. The molecular weight excluding hydrogens is 412 g/mol. The summed E-state index contributed by atoms with van der Waals surface area (Å²) in [6.07, 6.45) is 3.56. The van der Waals surface area contributed by atoms with Gasteiger partial charge in [-0.2, -0.15) is 0 Å². The molecule has 6 heteroatoms. The zero-order valence-corrected chi connectivity index (χ0v) is 18.3. The van der Waals surface area contributed by atoms with Crippen molar-refractivity contribution in [3.63, 3.8) is 0 Å². The molecule has 5 aromatic rings. The van der Waals surface area contributed by atoms with E-state index in [1.807, 2.05) is 65.2 Å². The van der Waals surface area contributed by atoms with Gasteiger partial charge in [-0.1, -0.05) is 49.4 Å². The highest BCUT2D eigenvalue weighted by atomic mass is 16.1. The van der Waals surface area contributed by atoms with Crippen molar-refractivity contribution in [3.05, 3.63) is 118 Å². The normalized spacial score (nSPS) is 12.2. The first-order valence-electron chi connectivity index (χ1n) is 11.0. The Morgan fingerprint density at radius 2 is 1.70 bits per heavy atom. The maximum atomic E-state index is 13.1. The van der Waals surface area contributed by atoms with Crippen molar-refractivity contribution in [2.75, 3.05) is 6.54 Å². The van der Waals surface area contributed by atoms with Crippen LogP contribution in [-0.2, 0) is 6.54 Å². The first-order valence-corrected chi connectivity index (χ1v) is 11.0. The summed E-state index contributed by atoms with van der Waals surface area (Å²) in [5.41, 5.74) is 4.73. The van der Waals surface area contributed by atoms with Gasteiger partial charge >= 0.3 is 0 Å². The number of carbonyl (C=O) groups is 1. The lowest BCUT2D eigenvalue weighted by Gasteiger charge is -2.14. The third-order valence-corrected chi connectivity index (χ3v) is 5.99. The van der Waals surface area contributed by atoms with Crippen molar-refractivity contribution < 1.29 is 4.79 Å². The highest BCUT2D eigenvalue weighted by Crippen LogP contribution is 2.16. The Balaban J connectivity index is 1.34. The Hall–Kier alpha value is -4.19. The molecule has 0 saturated carbocycles. The van der Waals surface area contributed by atoms with Crippen LogP contribution in [0.4, 0.5) is 0 Å². The van der Waals surface area contributed by atoms with Gasteiger partial charge in [0, 0.05) is 24.5 Å². The molecule has 0 aliphatic heterocycles. The lowest BCUT2D eigenvalue weighted by atomic mass is 10.0. The fraction of sp³-hybridized carbons (Fsp3) is 0.148. The average molecular weight is 437 g/mol. The summed E-state index contributed by atoms with van der Waals surface area (Å²) >= 11 is 0. The molecule has 0 saturated heterocycles. The van der Waals surface area contributed by atoms with Crippen molar-refractivity contribution >= 4 is 22.6 Å². The number of nitrogens with zero attached hydrogens (tertiary/aromatic N) is 3. The molecule has 1 atom stereocenters. The molecule has 164 valence electrons. The Kier molecular flexibility index (Phi) is 5.48. The molecule has 6 nitrogen and oxygen atoms in total. The monoisotopic (exact) mass is 436 g/mol. The van der Waals surface area contributed by atoms with Crippen LogP contribution in [0.3, 0.4) is 0 Å². The molecule has 3 heterocycles. The van der Waals surface area contributed by atoms with Crippen LogP contribution in [0.2, 0.25) is 0 Å². The predicted molar refractivity (Wildman–Crippen MR) is 130 cm³/mol. The molecule has 1 amide bonds. The van der Waals surface area contributed by atoms with E-state index < -0.39 is 0 Å². The molecule has 1 N–H and O–H groups in total. The van der Waals surface area contributed by atoms with Crippen LogP contribution in [0, 0.1) is 0 Å². The van der Waals surface area contributed by atoms with E-state index >= 15 is 0 Å². The number of hydrogen-bond donors (Lipinski definition) is 1. The third kappa shape index (κ3) is 4.03. The Morgan fingerprint density at radius 1 is 0.939 bits per heavy atom. The lowest BCUT2D eigenvalue weighted by molar-refractivity contribution is 0.0951. The maximum absolute atomic E-state index is 13.1. The summed E-state index contributed by atoms with van der Waals surface area (Å²) < 4.78 is 3.55. The molecule has 0 aliphatic rings. The van der Waals surface area contributed by atoms with Crippen LogP contribution >= 0.6 is 0 Å². The first-order chi connectivity index (χ1) is 16.1. The number of rotatable bonds is 6. The molecule has 3 aromatic heterocycles. The molecule has 0 bridgehead atoms. The van der Waals surface area contributed by atoms with E-state index in [4.69, 9.17) is 0 Å². The molecule has 0 unspecified atom stereocenters. The van der Waals surface area contributed by atoms with E-state index in [2.05, 4.69) is 29.4 Å². The number of aromatic nitrogens is 3. The number of hydrogen-bond acceptors (Lipinski definition) is 3. The highest BCUT2D eigenvalue weighted by Gasteiger charge is 2.13. The minimum absolute atomic E-state index is 0.0945. The largest absolute Gasteiger partial charge is 0.351 e. The van der Waals surface area contributed by atoms with E-state index in [0.29, 0.717) is 29.8 Å². The van der Waals surface area contributed by atoms with Crippen molar-refractivity contribution in [3.8, 4) is 0 Å².